The number of carbonyl (C=O) groups excluding carboxylic acids is 1. The van der Waals surface area contributed by atoms with Crippen molar-refractivity contribution in [1.82, 2.24) is 4.98 Å². The number of carbonyl (C=O) groups is 1. The molecule has 5 heteroatoms. The molecule has 0 radical (unpaired) electrons. The number of nitrogens with zero attached hydrogens (tertiary/aromatic N) is 1. The molecule has 0 unspecified atom stereocenters. The fraction of sp³-hybridized carbons (Fsp3) is 0.158. The fourth-order valence-corrected chi connectivity index (χ4v) is 2.69. The number of halogens is 1. The predicted molar refractivity (Wildman–Crippen MR) is 93.1 cm³/mol. The first-order valence-corrected chi connectivity index (χ1v) is 7.89. The van der Waals surface area contributed by atoms with Crippen LogP contribution in [0.25, 0.3) is 10.9 Å². The van der Waals surface area contributed by atoms with E-state index in [0.29, 0.717) is 10.7 Å². The molecule has 0 amide bonds. The van der Waals surface area contributed by atoms with Crippen LogP contribution in [0, 0.1) is 6.92 Å². The normalized spacial score (nSPS) is 10.8. The molecule has 1 aromatic heterocycles. The maximum Gasteiger partial charge on any atom is 0.310 e. The number of aromatic nitrogens is 1. The largest absolute Gasteiger partial charge is 0.508 e. The van der Waals surface area contributed by atoms with Crippen LogP contribution in [0.1, 0.15) is 16.8 Å². The summed E-state index contributed by atoms with van der Waals surface area (Å²) in [7, 11) is 0. The monoisotopic (exact) mass is 341 g/mol. The van der Waals surface area contributed by atoms with E-state index in [1.165, 1.54) is 12.1 Å². The van der Waals surface area contributed by atoms with Gasteiger partial charge in [-0.2, -0.15) is 0 Å². The van der Waals surface area contributed by atoms with Gasteiger partial charge in [-0.1, -0.05) is 41.9 Å². The number of aromatic hydroxyl groups is 1. The van der Waals surface area contributed by atoms with Crippen molar-refractivity contribution in [3.63, 3.8) is 0 Å². The highest BCUT2D eigenvalue weighted by Gasteiger charge is 2.12. The first-order valence-electron chi connectivity index (χ1n) is 7.52. The van der Waals surface area contributed by atoms with Crippen molar-refractivity contribution in [2.24, 2.45) is 0 Å². The van der Waals surface area contributed by atoms with Gasteiger partial charge in [0.25, 0.3) is 0 Å². The van der Waals surface area contributed by atoms with Crippen molar-refractivity contribution in [3.8, 4) is 5.75 Å². The molecule has 0 aliphatic rings. The second-order valence-electron chi connectivity index (χ2n) is 5.52. The van der Waals surface area contributed by atoms with Crippen LogP contribution in [0.3, 0.4) is 0 Å². The van der Waals surface area contributed by atoms with Crippen molar-refractivity contribution < 1.29 is 14.6 Å². The Bertz CT molecular complexity index is 891. The van der Waals surface area contributed by atoms with Crippen LogP contribution in [0.15, 0.2) is 48.5 Å². The number of rotatable bonds is 4. The van der Waals surface area contributed by atoms with Crippen LogP contribution in [0.2, 0.25) is 5.02 Å². The van der Waals surface area contributed by atoms with Gasteiger partial charge < -0.3 is 9.84 Å². The second-order valence-corrected chi connectivity index (χ2v) is 5.90. The first-order chi connectivity index (χ1) is 11.5. The number of aryl methyl sites for hydroxylation is 1. The lowest BCUT2D eigenvalue weighted by Crippen LogP contribution is -2.09. The molecule has 1 N–H and O–H groups in total. The van der Waals surface area contributed by atoms with E-state index in [4.69, 9.17) is 16.3 Å². The topological polar surface area (TPSA) is 59.4 Å². The summed E-state index contributed by atoms with van der Waals surface area (Å²) in [6.45, 7) is 1.95. The molecule has 0 aliphatic heterocycles. The van der Waals surface area contributed by atoms with Crippen molar-refractivity contribution in [2.45, 2.75) is 20.0 Å². The second kappa shape index (κ2) is 6.89. The third kappa shape index (κ3) is 3.49. The van der Waals surface area contributed by atoms with E-state index in [1.54, 1.807) is 12.1 Å². The van der Waals surface area contributed by atoms with Crippen LogP contribution in [-0.4, -0.2) is 16.1 Å². The summed E-state index contributed by atoms with van der Waals surface area (Å²) in [5, 5.41) is 10.8. The van der Waals surface area contributed by atoms with E-state index < -0.39 is 0 Å². The number of para-hydroxylation sites is 1. The van der Waals surface area contributed by atoms with Gasteiger partial charge in [0.1, 0.15) is 12.4 Å². The van der Waals surface area contributed by atoms with E-state index >= 15 is 0 Å². The molecule has 2 aromatic carbocycles. The third-order valence-corrected chi connectivity index (χ3v) is 4.30. The molecule has 0 saturated heterocycles. The van der Waals surface area contributed by atoms with E-state index in [2.05, 4.69) is 4.98 Å². The molecule has 0 bridgehead atoms. The Morgan fingerprint density at radius 3 is 2.62 bits per heavy atom. The molecule has 3 aromatic rings. The highest BCUT2D eigenvalue weighted by atomic mass is 35.5. The number of esters is 1. The summed E-state index contributed by atoms with van der Waals surface area (Å²) in [5.41, 5.74) is 3.06. The summed E-state index contributed by atoms with van der Waals surface area (Å²) in [6.07, 6.45) is 0.129. The van der Waals surface area contributed by atoms with Gasteiger partial charge in [0.15, 0.2) is 0 Å². The van der Waals surface area contributed by atoms with Crippen LogP contribution in [0.5, 0.6) is 5.75 Å². The van der Waals surface area contributed by atoms with Crippen LogP contribution < -0.4 is 0 Å². The summed E-state index contributed by atoms with van der Waals surface area (Å²) < 4.78 is 5.30. The van der Waals surface area contributed by atoms with Gasteiger partial charge >= 0.3 is 5.97 Å². The minimum atomic E-state index is -0.371. The third-order valence-electron chi connectivity index (χ3n) is 3.80. The van der Waals surface area contributed by atoms with Gasteiger partial charge in [-0.15, -0.1) is 0 Å². The fourth-order valence-electron chi connectivity index (χ4n) is 2.49. The molecule has 0 saturated carbocycles. The Morgan fingerprint density at radius 1 is 1.17 bits per heavy atom. The zero-order chi connectivity index (χ0) is 17.1. The number of phenols is 1. The molecule has 4 nitrogen and oxygen atoms in total. The standard InChI is InChI=1S/C19H16ClNO3/c1-12-15-4-2-3-5-16(15)21-17(19(12)20)11-24-18(23)10-13-6-8-14(22)9-7-13/h2-9,22H,10-11H2,1H3. The number of hydrogen-bond donors (Lipinski definition) is 1. The molecule has 3 rings (SSSR count). The highest BCUT2D eigenvalue weighted by molar-refractivity contribution is 6.32. The summed E-state index contributed by atoms with van der Waals surface area (Å²) in [6, 6.07) is 14.1. The molecule has 1 heterocycles. The maximum atomic E-state index is 12.0. The number of hydrogen-bond acceptors (Lipinski definition) is 4. The number of fused-ring (bicyclic) bond motifs is 1. The molecule has 0 fully saturated rings. The van der Waals surface area contributed by atoms with Gasteiger partial charge in [0, 0.05) is 5.39 Å². The summed E-state index contributed by atoms with van der Waals surface area (Å²) in [4.78, 5) is 16.5. The van der Waals surface area contributed by atoms with Crippen molar-refractivity contribution >= 4 is 28.5 Å². The Labute approximate surface area is 144 Å². The quantitative estimate of drug-likeness (QED) is 0.723. The summed E-state index contributed by atoms with van der Waals surface area (Å²) in [5.74, 6) is -0.209. The van der Waals surface area contributed by atoms with Gasteiger partial charge in [-0.05, 0) is 36.2 Å². The zero-order valence-corrected chi connectivity index (χ0v) is 13.9. The van der Waals surface area contributed by atoms with Gasteiger partial charge in [-0.3, -0.25) is 4.79 Å². The average molecular weight is 342 g/mol. The Kier molecular flexibility index (Phi) is 4.67. The van der Waals surface area contributed by atoms with Gasteiger partial charge in [0.2, 0.25) is 0 Å². The van der Waals surface area contributed by atoms with Crippen LogP contribution in [-0.2, 0) is 22.6 Å². The van der Waals surface area contributed by atoms with Crippen molar-refractivity contribution in [2.75, 3.05) is 0 Å². The van der Waals surface area contributed by atoms with E-state index in [9.17, 15) is 9.90 Å². The van der Waals surface area contributed by atoms with E-state index in [1.807, 2.05) is 31.2 Å². The lowest BCUT2D eigenvalue weighted by molar-refractivity contribution is -0.144. The lowest BCUT2D eigenvalue weighted by atomic mass is 10.1. The number of ether oxygens (including phenoxy) is 1. The van der Waals surface area contributed by atoms with Crippen molar-refractivity contribution in [3.05, 3.63) is 70.4 Å². The smallest absolute Gasteiger partial charge is 0.310 e. The summed E-state index contributed by atoms with van der Waals surface area (Å²) >= 11 is 6.35. The maximum absolute atomic E-state index is 12.0. The average Bonchev–Trinajstić information content (AvgIpc) is 2.59. The van der Waals surface area contributed by atoms with E-state index in [-0.39, 0.29) is 24.7 Å². The number of phenolic OH excluding ortho intramolecular Hbond substituents is 1. The Morgan fingerprint density at radius 2 is 1.88 bits per heavy atom. The van der Waals surface area contributed by atoms with Crippen molar-refractivity contribution in [1.29, 1.82) is 0 Å². The highest BCUT2D eigenvalue weighted by Crippen LogP contribution is 2.27. The Balaban J connectivity index is 1.72. The number of pyridine rings is 1. The Hall–Kier alpha value is -2.59. The molecule has 0 spiro atoms. The molecule has 24 heavy (non-hydrogen) atoms. The van der Waals surface area contributed by atoms with Crippen LogP contribution >= 0.6 is 11.6 Å². The SMILES string of the molecule is Cc1c(Cl)c(COC(=O)Cc2ccc(O)cc2)nc2ccccc12. The molecular formula is C19H16ClNO3. The first kappa shape index (κ1) is 16.3. The lowest BCUT2D eigenvalue weighted by Gasteiger charge is -2.10. The molecule has 0 atom stereocenters. The number of benzene rings is 2. The predicted octanol–water partition coefficient (Wildman–Crippen LogP) is 4.19. The molecule has 122 valence electrons. The van der Waals surface area contributed by atoms with E-state index in [0.717, 1.165) is 22.0 Å². The zero-order valence-electron chi connectivity index (χ0n) is 13.1. The van der Waals surface area contributed by atoms with Gasteiger partial charge in [0.05, 0.1) is 22.7 Å². The minimum Gasteiger partial charge on any atom is -0.508 e. The van der Waals surface area contributed by atoms with Crippen LogP contribution in [0.4, 0.5) is 0 Å². The van der Waals surface area contributed by atoms with Gasteiger partial charge in [-0.25, -0.2) is 4.98 Å². The molecular weight excluding hydrogens is 326 g/mol. The molecule has 0 aliphatic carbocycles. The minimum absolute atomic E-state index is 0.0292.